The van der Waals surface area contributed by atoms with Gasteiger partial charge in [-0.25, -0.2) is 13.1 Å². The predicted molar refractivity (Wildman–Crippen MR) is 68.5 cm³/mol. The summed E-state index contributed by atoms with van der Waals surface area (Å²) in [5.41, 5.74) is 0. The van der Waals surface area contributed by atoms with Crippen molar-refractivity contribution >= 4 is 33.2 Å². The lowest BCUT2D eigenvalue weighted by Gasteiger charge is -2.12. The Morgan fingerprint density at radius 1 is 1.35 bits per heavy atom. The van der Waals surface area contributed by atoms with Crippen molar-refractivity contribution in [2.24, 2.45) is 0 Å². The fourth-order valence-corrected chi connectivity index (χ4v) is 2.98. The highest BCUT2D eigenvalue weighted by molar-refractivity contribution is 7.89. The molecule has 1 aromatic rings. The maximum Gasteiger partial charge on any atom is 0.244 e. The molecule has 0 radical (unpaired) electrons. The highest BCUT2D eigenvalue weighted by atomic mass is 35.5. The minimum absolute atomic E-state index is 0.0112. The first-order valence-corrected chi connectivity index (χ1v) is 7.19. The molecular weight excluding hydrogens is 285 g/mol. The van der Waals surface area contributed by atoms with E-state index in [-0.39, 0.29) is 20.7 Å². The standard InChI is InChI=1S/C10H13Cl2NO3S/c1-3-6-13-17(14,15)8-5-4-7(11)9(12)10(8)16-2/h4-5,13H,3,6H2,1-2H3. The third kappa shape index (κ3) is 3.25. The van der Waals surface area contributed by atoms with Gasteiger partial charge in [-0.3, -0.25) is 0 Å². The summed E-state index contributed by atoms with van der Waals surface area (Å²) in [7, 11) is -2.28. The average molecular weight is 298 g/mol. The van der Waals surface area contributed by atoms with Crippen molar-refractivity contribution in [3.05, 3.63) is 22.2 Å². The molecule has 0 unspecified atom stereocenters. The molecule has 0 saturated heterocycles. The molecule has 0 aliphatic rings. The molecule has 0 saturated carbocycles. The van der Waals surface area contributed by atoms with Crippen LogP contribution in [0.5, 0.6) is 5.75 Å². The molecule has 1 aromatic carbocycles. The fraction of sp³-hybridized carbons (Fsp3) is 0.400. The number of hydrogen-bond donors (Lipinski definition) is 1. The van der Waals surface area contributed by atoms with E-state index in [0.29, 0.717) is 13.0 Å². The van der Waals surface area contributed by atoms with Crippen LogP contribution in [0.25, 0.3) is 0 Å². The van der Waals surface area contributed by atoms with E-state index in [1.54, 1.807) is 0 Å². The van der Waals surface area contributed by atoms with Gasteiger partial charge in [0.15, 0.2) is 5.75 Å². The van der Waals surface area contributed by atoms with Gasteiger partial charge in [0.2, 0.25) is 10.0 Å². The molecule has 0 aliphatic carbocycles. The Morgan fingerprint density at radius 3 is 2.53 bits per heavy atom. The average Bonchev–Trinajstić information content (AvgIpc) is 2.29. The summed E-state index contributed by atoms with van der Waals surface area (Å²) in [6.45, 7) is 2.22. The van der Waals surface area contributed by atoms with E-state index < -0.39 is 10.0 Å². The van der Waals surface area contributed by atoms with Gasteiger partial charge in [-0.05, 0) is 18.6 Å². The molecule has 0 aromatic heterocycles. The molecule has 17 heavy (non-hydrogen) atoms. The molecule has 0 atom stereocenters. The molecule has 0 amide bonds. The van der Waals surface area contributed by atoms with Crippen LogP contribution in [-0.2, 0) is 10.0 Å². The topological polar surface area (TPSA) is 55.4 Å². The first kappa shape index (κ1) is 14.6. The summed E-state index contributed by atoms with van der Waals surface area (Å²) >= 11 is 11.7. The van der Waals surface area contributed by atoms with Crippen molar-refractivity contribution in [3.63, 3.8) is 0 Å². The Bertz CT molecular complexity index is 503. The molecule has 1 N–H and O–H groups in total. The lowest BCUT2D eigenvalue weighted by molar-refractivity contribution is 0.402. The minimum Gasteiger partial charge on any atom is -0.494 e. The molecule has 0 heterocycles. The van der Waals surface area contributed by atoms with Crippen molar-refractivity contribution in [3.8, 4) is 5.75 Å². The van der Waals surface area contributed by atoms with E-state index >= 15 is 0 Å². The molecule has 4 nitrogen and oxygen atoms in total. The van der Waals surface area contributed by atoms with E-state index in [2.05, 4.69) is 4.72 Å². The van der Waals surface area contributed by atoms with Gasteiger partial charge < -0.3 is 4.74 Å². The number of rotatable bonds is 5. The number of halogens is 2. The molecule has 0 aliphatic heterocycles. The van der Waals surface area contributed by atoms with Crippen LogP contribution in [0.4, 0.5) is 0 Å². The summed E-state index contributed by atoms with van der Waals surface area (Å²) in [6, 6.07) is 2.79. The van der Waals surface area contributed by atoms with E-state index in [0.717, 1.165) is 0 Å². The summed E-state index contributed by atoms with van der Waals surface area (Å²) in [5.74, 6) is 0.0581. The van der Waals surface area contributed by atoms with Gasteiger partial charge >= 0.3 is 0 Å². The van der Waals surface area contributed by atoms with Gasteiger partial charge in [-0.2, -0.15) is 0 Å². The van der Waals surface area contributed by atoms with Gasteiger partial charge in [-0.1, -0.05) is 30.1 Å². The first-order valence-electron chi connectivity index (χ1n) is 4.95. The smallest absolute Gasteiger partial charge is 0.244 e. The second-order valence-electron chi connectivity index (χ2n) is 3.29. The maximum atomic E-state index is 11.9. The molecule has 1 rings (SSSR count). The minimum atomic E-state index is -3.62. The van der Waals surface area contributed by atoms with Gasteiger partial charge in [0.1, 0.15) is 9.92 Å². The second kappa shape index (κ2) is 5.91. The Labute approximate surface area is 111 Å². The Kier molecular flexibility index (Phi) is 5.06. The summed E-state index contributed by atoms with van der Waals surface area (Å²) in [6.07, 6.45) is 0.697. The van der Waals surface area contributed by atoms with Crippen LogP contribution in [0.15, 0.2) is 17.0 Å². The van der Waals surface area contributed by atoms with Crippen molar-refractivity contribution in [1.29, 1.82) is 0 Å². The zero-order valence-corrected chi connectivity index (χ0v) is 11.8. The number of hydrogen-bond acceptors (Lipinski definition) is 3. The molecule has 0 fully saturated rings. The third-order valence-electron chi connectivity index (χ3n) is 2.05. The normalized spacial score (nSPS) is 11.5. The zero-order valence-electron chi connectivity index (χ0n) is 9.46. The van der Waals surface area contributed by atoms with E-state index in [1.165, 1.54) is 19.2 Å². The van der Waals surface area contributed by atoms with Gasteiger partial charge in [0.05, 0.1) is 12.1 Å². The molecule has 0 spiro atoms. The number of sulfonamides is 1. The molecule has 0 bridgehead atoms. The lowest BCUT2D eigenvalue weighted by Crippen LogP contribution is -2.24. The Balaban J connectivity index is 3.27. The SMILES string of the molecule is CCCNS(=O)(=O)c1ccc(Cl)c(Cl)c1OC. The quantitative estimate of drug-likeness (QED) is 0.909. The highest BCUT2D eigenvalue weighted by Crippen LogP contribution is 2.37. The maximum absolute atomic E-state index is 11.9. The number of ether oxygens (including phenoxy) is 1. The largest absolute Gasteiger partial charge is 0.494 e. The molecule has 96 valence electrons. The first-order chi connectivity index (χ1) is 7.94. The highest BCUT2D eigenvalue weighted by Gasteiger charge is 2.22. The lowest BCUT2D eigenvalue weighted by atomic mass is 10.3. The molecular formula is C10H13Cl2NO3S. The van der Waals surface area contributed by atoms with Crippen LogP contribution in [0, 0.1) is 0 Å². The Hall–Kier alpha value is -0.490. The summed E-state index contributed by atoms with van der Waals surface area (Å²) < 4.78 is 31.3. The van der Waals surface area contributed by atoms with Gasteiger partial charge in [0.25, 0.3) is 0 Å². The van der Waals surface area contributed by atoms with Crippen LogP contribution in [0.2, 0.25) is 10.0 Å². The zero-order chi connectivity index (χ0) is 13.1. The van der Waals surface area contributed by atoms with E-state index in [1.807, 2.05) is 6.92 Å². The van der Waals surface area contributed by atoms with Crippen LogP contribution in [0.3, 0.4) is 0 Å². The van der Waals surface area contributed by atoms with Crippen LogP contribution in [-0.4, -0.2) is 22.1 Å². The van der Waals surface area contributed by atoms with Gasteiger partial charge in [-0.15, -0.1) is 0 Å². The number of methoxy groups -OCH3 is 1. The monoisotopic (exact) mass is 297 g/mol. The van der Waals surface area contributed by atoms with Crippen molar-refractivity contribution in [2.45, 2.75) is 18.2 Å². The third-order valence-corrected chi connectivity index (χ3v) is 4.32. The van der Waals surface area contributed by atoms with E-state index in [4.69, 9.17) is 27.9 Å². The van der Waals surface area contributed by atoms with E-state index in [9.17, 15) is 8.42 Å². The summed E-state index contributed by atoms with van der Waals surface area (Å²) in [5, 5.41) is 0.339. The molecule has 7 heteroatoms. The van der Waals surface area contributed by atoms with Crippen LogP contribution < -0.4 is 9.46 Å². The van der Waals surface area contributed by atoms with Crippen molar-refractivity contribution in [1.82, 2.24) is 4.72 Å². The Morgan fingerprint density at radius 2 is 2.00 bits per heavy atom. The fourth-order valence-electron chi connectivity index (χ4n) is 1.23. The predicted octanol–water partition coefficient (Wildman–Crippen LogP) is 2.69. The van der Waals surface area contributed by atoms with Crippen LogP contribution >= 0.6 is 23.2 Å². The second-order valence-corrected chi connectivity index (χ2v) is 5.81. The summed E-state index contributed by atoms with van der Waals surface area (Å²) in [4.78, 5) is -0.0112. The number of benzene rings is 1. The van der Waals surface area contributed by atoms with Crippen molar-refractivity contribution in [2.75, 3.05) is 13.7 Å². The van der Waals surface area contributed by atoms with Gasteiger partial charge in [0, 0.05) is 6.54 Å². The number of nitrogens with one attached hydrogen (secondary N) is 1. The van der Waals surface area contributed by atoms with Crippen molar-refractivity contribution < 1.29 is 13.2 Å². The van der Waals surface area contributed by atoms with Crippen LogP contribution in [0.1, 0.15) is 13.3 Å².